The smallest absolute Gasteiger partial charge is 0.318 e. The molecule has 1 N–H and O–H groups in total. The maximum Gasteiger partial charge on any atom is 0.318 e. The fourth-order valence-electron chi connectivity index (χ4n) is 3.75. The van der Waals surface area contributed by atoms with Crippen molar-refractivity contribution in [2.75, 3.05) is 26.9 Å². The zero-order valence-electron chi connectivity index (χ0n) is 18.4. The lowest BCUT2D eigenvalue weighted by Crippen LogP contribution is -2.41. The number of urea groups is 1. The van der Waals surface area contributed by atoms with E-state index in [0.717, 1.165) is 33.9 Å². The van der Waals surface area contributed by atoms with E-state index in [9.17, 15) is 4.79 Å². The highest BCUT2D eigenvalue weighted by molar-refractivity contribution is 5.75. The van der Waals surface area contributed by atoms with E-state index in [0.29, 0.717) is 26.3 Å². The van der Waals surface area contributed by atoms with Crippen molar-refractivity contribution in [1.29, 1.82) is 0 Å². The molecule has 6 heteroatoms. The first-order chi connectivity index (χ1) is 15.7. The first-order valence-electron chi connectivity index (χ1n) is 10.8. The SMILES string of the molecule is CCN(Cc1ccc2c(c1)OCCO2)C(=O)N[C@@H](c1ccccc1)c1ccc(OC)cc1. The minimum atomic E-state index is -0.274. The van der Waals surface area contributed by atoms with Crippen LogP contribution in [-0.4, -0.2) is 37.8 Å². The summed E-state index contributed by atoms with van der Waals surface area (Å²) in [5, 5.41) is 3.21. The molecule has 3 aromatic carbocycles. The molecule has 0 fully saturated rings. The molecule has 0 bridgehead atoms. The quantitative estimate of drug-likeness (QED) is 0.583. The van der Waals surface area contributed by atoms with Gasteiger partial charge in [-0.2, -0.15) is 0 Å². The lowest BCUT2D eigenvalue weighted by molar-refractivity contribution is 0.171. The number of carbonyl (C=O) groups excluding carboxylic acids is 1. The van der Waals surface area contributed by atoms with E-state index in [1.165, 1.54) is 0 Å². The lowest BCUT2D eigenvalue weighted by atomic mass is 9.98. The second kappa shape index (κ2) is 10.1. The molecule has 0 spiro atoms. The van der Waals surface area contributed by atoms with Crippen molar-refractivity contribution in [2.45, 2.75) is 19.5 Å². The fourth-order valence-corrected chi connectivity index (χ4v) is 3.75. The Morgan fingerprint density at radius 1 is 0.969 bits per heavy atom. The topological polar surface area (TPSA) is 60.0 Å². The molecule has 4 rings (SSSR count). The Labute approximate surface area is 188 Å². The van der Waals surface area contributed by atoms with Crippen molar-refractivity contribution in [3.05, 3.63) is 89.5 Å². The van der Waals surface area contributed by atoms with E-state index < -0.39 is 0 Å². The molecule has 1 aliphatic heterocycles. The van der Waals surface area contributed by atoms with E-state index in [1.54, 1.807) is 12.0 Å². The molecule has 32 heavy (non-hydrogen) atoms. The van der Waals surface area contributed by atoms with Crippen molar-refractivity contribution >= 4 is 6.03 Å². The Bertz CT molecular complexity index is 1040. The lowest BCUT2D eigenvalue weighted by Gasteiger charge is -2.27. The third-order valence-corrected chi connectivity index (χ3v) is 5.50. The molecule has 166 valence electrons. The second-order valence-electron chi connectivity index (χ2n) is 7.56. The molecule has 0 radical (unpaired) electrons. The Morgan fingerprint density at radius 2 is 1.66 bits per heavy atom. The van der Waals surface area contributed by atoms with Gasteiger partial charge in [-0.3, -0.25) is 0 Å². The zero-order valence-corrected chi connectivity index (χ0v) is 18.4. The van der Waals surface area contributed by atoms with Crippen molar-refractivity contribution in [2.24, 2.45) is 0 Å². The number of fused-ring (bicyclic) bond motifs is 1. The van der Waals surface area contributed by atoms with Crippen molar-refractivity contribution in [3.63, 3.8) is 0 Å². The normalized spacial score (nSPS) is 13.2. The Hall–Kier alpha value is -3.67. The Balaban J connectivity index is 1.53. The van der Waals surface area contributed by atoms with Gasteiger partial charge in [-0.25, -0.2) is 4.79 Å². The number of amides is 2. The van der Waals surface area contributed by atoms with E-state index >= 15 is 0 Å². The van der Waals surface area contributed by atoms with Gasteiger partial charge in [-0.05, 0) is 47.9 Å². The first-order valence-corrected chi connectivity index (χ1v) is 10.8. The Morgan fingerprint density at radius 3 is 2.34 bits per heavy atom. The van der Waals surface area contributed by atoms with Gasteiger partial charge >= 0.3 is 6.03 Å². The van der Waals surface area contributed by atoms with Crippen LogP contribution in [0, 0.1) is 0 Å². The summed E-state index contributed by atoms with van der Waals surface area (Å²) in [6, 6.07) is 23.2. The third kappa shape index (κ3) is 4.97. The highest BCUT2D eigenvalue weighted by Crippen LogP contribution is 2.31. The number of hydrogen-bond acceptors (Lipinski definition) is 4. The van der Waals surface area contributed by atoms with Crippen LogP contribution in [0.3, 0.4) is 0 Å². The average molecular weight is 433 g/mol. The minimum Gasteiger partial charge on any atom is -0.497 e. The number of nitrogens with one attached hydrogen (secondary N) is 1. The predicted molar refractivity (Wildman–Crippen MR) is 123 cm³/mol. The van der Waals surface area contributed by atoms with Crippen LogP contribution in [0.2, 0.25) is 0 Å². The molecule has 0 aliphatic carbocycles. The van der Waals surface area contributed by atoms with Crippen LogP contribution < -0.4 is 19.5 Å². The van der Waals surface area contributed by atoms with Crippen molar-refractivity contribution in [1.82, 2.24) is 10.2 Å². The summed E-state index contributed by atoms with van der Waals surface area (Å²) in [4.78, 5) is 15.1. The number of ether oxygens (including phenoxy) is 3. The largest absolute Gasteiger partial charge is 0.497 e. The number of rotatable bonds is 7. The summed E-state index contributed by atoms with van der Waals surface area (Å²) in [6.07, 6.45) is 0. The van der Waals surface area contributed by atoms with E-state index in [2.05, 4.69) is 5.32 Å². The molecular formula is C26H28N2O4. The van der Waals surface area contributed by atoms with Gasteiger partial charge < -0.3 is 24.4 Å². The summed E-state index contributed by atoms with van der Waals surface area (Å²) < 4.78 is 16.6. The van der Waals surface area contributed by atoms with Gasteiger partial charge in [0.2, 0.25) is 0 Å². The van der Waals surface area contributed by atoms with Crippen LogP contribution in [0.25, 0.3) is 0 Å². The molecular weight excluding hydrogens is 404 g/mol. The minimum absolute atomic E-state index is 0.132. The van der Waals surface area contributed by atoms with E-state index in [-0.39, 0.29) is 12.1 Å². The third-order valence-electron chi connectivity index (χ3n) is 5.50. The molecule has 2 amide bonds. The zero-order chi connectivity index (χ0) is 22.3. The number of benzene rings is 3. The summed E-state index contributed by atoms with van der Waals surface area (Å²) >= 11 is 0. The maximum absolute atomic E-state index is 13.3. The van der Waals surface area contributed by atoms with Gasteiger partial charge in [0.05, 0.1) is 13.2 Å². The molecule has 0 saturated carbocycles. The standard InChI is InChI=1S/C26H28N2O4/c1-3-28(18-19-9-14-23-24(17-19)32-16-15-31-23)26(29)27-25(20-7-5-4-6-8-20)21-10-12-22(30-2)13-11-21/h4-14,17,25H,3,15-16,18H2,1-2H3,(H,27,29)/t25-/m0/s1. The van der Waals surface area contributed by atoms with Crippen LogP contribution in [0.5, 0.6) is 17.2 Å². The van der Waals surface area contributed by atoms with Crippen LogP contribution in [0.1, 0.15) is 29.7 Å². The van der Waals surface area contributed by atoms with Gasteiger partial charge in [0.1, 0.15) is 19.0 Å². The number of nitrogens with zero attached hydrogens (tertiary/aromatic N) is 1. The number of methoxy groups -OCH3 is 1. The molecule has 0 unspecified atom stereocenters. The van der Waals surface area contributed by atoms with Gasteiger partial charge in [0.15, 0.2) is 11.5 Å². The summed E-state index contributed by atoms with van der Waals surface area (Å²) in [7, 11) is 1.64. The summed E-state index contributed by atoms with van der Waals surface area (Å²) in [5.41, 5.74) is 2.99. The molecule has 3 aromatic rings. The van der Waals surface area contributed by atoms with Crippen LogP contribution in [0.15, 0.2) is 72.8 Å². The predicted octanol–water partition coefficient (Wildman–Crippen LogP) is 4.79. The first kappa shape index (κ1) is 21.6. The van der Waals surface area contributed by atoms with Crippen LogP contribution in [-0.2, 0) is 6.54 Å². The molecule has 0 saturated heterocycles. The highest BCUT2D eigenvalue weighted by Gasteiger charge is 2.21. The number of hydrogen-bond donors (Lipinski definition) is 1. The van der Waals surface area contributed by atoms with Gasteiger partial charge in [-0.1, -0.05) is 48.5 Å². The number of carbonyl (C=O) groups is 1. The molecule has 0 aromatic heterocycles. The maximum atomic E-state index is 13.3. The van der Waals surface area contributed by atoms with Gasteiger partial charge in [-0.15, -0.1) is 0 Å². The average Bonchev–Trinajstić information content (AvgIpc) is 2.86. The van der Waals surface area contributed by atoms with E-state index in [4.69, 9.17) is 14.2 Å². The van der Waals surface area contributed by atoms with Gasteiger partial charge in [0, 0.05) is 13.1 Å². The molecule has 6 nitrogen and oxygen atoms in total. The van der Waals surface area contributed by atoms with Gasteiger partial charge in [0.25, 0.3) is 0 Å². The molecule has 1 aliphatic rings. The monoisotopic (exact) mass is 432 g/mol. The summed E-state index contributed by atoms with van der Waals surface area (Å²) in [5.74, 6) is 2.25. The molecule has 1 atom stereocenters. The Kier molecular flexibility index (Phi) is 6.80. The fraction of sp³-hybridized carbons (Fsp3) is 0.269. The van der Waals surface area contributed by atoms with Crippen LogP contribution in [0.4, 0.5) is 4.79 Å². The molecule has 1 heterocycles. The van der Waals surface area contributed by atoms with E-state index in [1.807, 2.05) is 79.7 Å². The van der Waals surface area contributed by atoms with Crippen LogP contribution >= 0.6 is 0 Å². The van der Waals surface area contributed by atoms with Crippen molar-refractivity contribution in [3.8, 4) is 17.2 Å². The van der Waals surface area contributed by atoms with Crippen molar-refractivity contribution < 1.29 is 19.0 Å². The summed E-state index contributed by atoms with van der Waals surface area (Å²) in [6.45, 7) is 4.12. The second-order valence-corrected chi connectivity index (χ2v) is 7.56. The highest BCUT2D eigenvalue weighted by atomic mass is 16.6.